The normalized spacial score (nSPS) is 10.1. The number of nitrogens with zero attached hydrogens (tertiary/aromatic N) is 1. The summed E-state index contributed by atoms with van der Waals surface area (Å²) in [5, 5.41) is 9.04. The first-order chi connectivity index (χ1) is 7.91. The monoisotopic (exact) mass is 367 g/mol. The average Bonchev–Trinajstić information content (AvgIpc) is 2.28. The van der Waals surface area contributed by atoms with Crippen molar-refractivity contribution in [1.29, 1.82) is 0 Å². The van der Waals surface area contributed by atoms with Gasteiger partial charge in [-0.1, -0.05) is 11.6 Å². The Morgan fingerprint density at radius 2 is 2.12 bits per heavy atom. The summed E-state index contributed by atoms with van der Waals surface area (Å²) in [6.45, 7) is 0.177. The molecule has 4 nitrogen and oxygen atoms in total. The summed E-state index contributed by atoms with van der Waals surface area (Å²) in [5.74, 6) is -1.15. The summed E-state index contributed by atoms with van der Waals surface area (Å²) < 4.78 is 0.791. The summed E-state index contributed by atoms with van der Waals surface area (Å²) >= 11 is 7.87. The van der Waals surface area contributed by atoms with E-state index in [-0.39, 0.29) is 18.9 Å². The molecule has 0 saturated heterocycles. The smallest absolute Gasteiger partial charge is 0.305 e. The Labute approximate surface area is 118 Å². The van der Waals surface area contributed by atoms with Gasteiger partial charge in [-0.05, 0) is 40.8 Å². The molecule has 0 radical (unpaired) electrons. The minimum Gasteiger partial charge on any atom is -0.481 e. The molecule has 1 aromatic carbocycles. The van der Waals surface area contributed by atoms with Crippen LogP contribution in [0.2, 0.25) is 5.02 Å². The van der Waals surface area contributed by atoms with Crippen molar-refractivity contribution in [3.8, 4) is 0 Å². The first kappa shape index (κ1) is 14.2. The maximum atomic E-state index is 12.0. The molecule has 17 heavy (non-hydrogen) atoms. The predicted octanol–water partition coefficient (Wildman–Crippen LogP) is 2.49. The molecule has 0 aliphatic carbocycles. The number of carbonyl (C=O) groups is 2. The molecule has 0 aliphatic rings. The summed E-state index contributed by atoms with van der Waals surface area (Å²) in [7, 11) is 1.57. The molecule has 0 heterocycles. The molecule has 6 heteroatoms. The lowest BCUT2D eigenvalue weighted by Gasteiger charge is -2.17. The number of halogens is 2. The Hall–Kier alpha value is -0.820. The fourth-order valence-corrected chi connectivity index (χ4v) is 1.97. The van der Waals surface area contributed by atoms with E-state index in [2.05, 4.69) is 0 Å². The highest BCUT2D eigenvalue weighted by molar-refractivity contribution is 14.1. The van der Waals surface area contributed by atoms with Gasteiger partial charge in [0.1, 0.15) is 0 Å². The van der Waals surface area contributed by atoms with Crippen LogP contribution >= 0.6 is 34.2 Å². The molecule has 1 aromatic rings. The molecule has 1 N–H and O–H groups in total. The zero-order valence-electron chi connectivity index (χ0n) is 9.11. The van der Waals surface area contributed by atoms with Crippen LogP contribution in [0.15, 0.2) is 18.2 Å². The van der Waals surface area contributed by atoms with Gasteiger partial charge in [0, 0.05) is 22.2 Å². The van der Waals surface area contributed by atoms with Crippen LogP contribution < -0.4 is 0 Å². The van der Waals surface area contributed by atoms with Gasteiger partial charge in [-0.25, -0.2) is 0 Å². The molecule has 0 unspecified atom stereocenters. The SMILES string of the molecule is CN(CCC(=O)O)C(=O)c1cc(Cl)ccc1I. The van der Waals surface area contributed by atoms with Crippen LogP contribution in [0.5, 0.6) is 0 Å². The van der Waals surface area contributed by atoms with Crippen LogP contribution in [0.3, 0.4) is 0 Å². The number of amides is 1. The Kier molecular flexibility index (Phi) is 5.20. The Balaban J connectivity index is 2.81. The van der Waals surface area contributed by atoms with E-state index >= 15 is 0 Å². The molecule has 0 atom stereocenters. The van der Waals surface area contributed by atoms with Crippen molar-refractivity contribution in [2.75, 3.05) is 13.6 Å². The molecular formula is C11H11ClINO3. The third kappa shape index (κ3) is 4.16. The number of aliphatic carboxylic acids is 1. The van der Waals surface area contributed by atoms with Gasteiger partial charge < -0.3 is 10.0 Å². The lowest BCUT2D eigenvalue weighted by atomic mass is 10.2. The Morgan fingerprint density at radius 3 is 2.71 bits per heavy atom. The molecule has 0 aromatic heterocycles. The van der Waals surface area contributed by atoms with Crippen molar-refractivity contribution in [2.24, 2.45) is 0 Å². The predicted molar refractivity (Wildman–Crippen MR) is 73.4 cm³/mol. The summed E-state index contributed by atoms with van der Waals surface area (Å²) in [4.78, 5) is 23.8. The number of carboxylic acid groups (broad SMARTS) is 1. The first-order valence-electron chi connectivity index (χ1n) is 4.84. The Bertz CT molecular complexity index is 450. The third-order valence-electron chi connectivity index (χ3n) is 2.17. The highest BCUT2D eigenvalue weighted by Gasteiger charge is 2.15. The number of rotatable bonds is 4. The number of carboxylic acids is 1. The lowest BCUT2D eigenvalue weighted by molar-refractivity contribution is -0.137. The van der Waals surface area contributed by atoms with Crippen LogP contribution in [-0.2, 0) is 4.79 Å². The molecule has 0 spiro atoms. The van der Waals surface area contributed by atoms with Crippen molar-refractivity contribution in [1.82, 2.24) is 4.90 Å². The average molecular weight is 368 g/mol. The van der Waals surface area contributed by atoms with E-state index in [1.807, 2.05) is 22.6 Å². The van der Waals surface area contributed by atoms with Gasteiger partial charge in [0.2, 0.25) is 0 Å². The molecule has 0 fully saturated rings. The standard InChI is InChI=1S/C11H11ClINO3/c1-14(5-4-10(15)16)11(17)8-6-7(12)2-3-9(8)13/h2-3,6H,4-5H2,1H3,(H,15,16). The van der Waals surface area contributed by atoms with Crippen LogP contribution in [-0.4, -0.2) is 35.5 Å². The summed E-state index contributed by atoms with van der Waals surface area (Å²) in [6, 6.07) is 5.04. The fraction of sp³-hybridized carbons (Fsp3) is 0.273. The second-order valence-corrected chi connectivity index (χ2v) is 5.09. The van der Waals surface area contributed by atoms with E-state index in [9.17, 15) is 9.59 Å². The Morgan fingerprint density at radius 1 is 1.47 bits per heavy atom. The first-order valence-corrected chi connectivity index (χ1v) is 6.30. The molecule has 1 rings (SSSR count). The van der Waals surface area contributed by atoms with Gasteiger partial charge in [0.15, 0.2) is 0 Å². The number of carbonyl (C=O) groups excluding carboxylic acids is 1. The van der Waals surface area contributed by atoms with Gasteiger partial charge in [0.05, 0.1) is 12.0 Å². The number of hydrogen-bond donors (Lipinski definition) is 1. The molecule has 1 amide bonds. The van der Waals surface area contributed by atoms with Crippen LogP contribution in [0.4, 0.5) is 0 Å². The molecule has 0 bridgehead atoms. The van der Waals surface area contributed by atoms with E-state index in [1.165, 1.54) is 4.90 Å². The van der Waals surface area contributed by atoms with Crippen molar-refractivity contribution >= 4 is 46.1 Å². The van der Waals surface area contributed by atoms with Crippen LogP contribution in [0, 0.1) is 3.57 Å². The van der Waals surface area contributed by atoms with Crippen molar-refractivity contribution < 1.29 is 14.7 Å². The zero-order chi connectivity index (χ0) is 13.0. The van der Waals surface area contributed by atoms with Crippen LogP contribution in [0.1, 0.15) is 16.8 Å². The number of benzene rings is 1. The van der Waals surface area contributed by atoms with E-state index in [0.717, 1.165) is 3.57 Å². The second kappa shape index (κ2) is 6.20. The topological polar surface area (TPSA) is 57.6 Å². The summed E-state index contributed by atoms with van der Waals surface area (Å²) in [6.07, 6.45) is -0.0701. The summed E-state index contributed by atoms with van der Waals surface area (Å²) in [5.41, 5.74) is 0.492. The van der Waals surface area contributed by atoms with E-state index in [1.54, 1.807) is 25.2 Å². The second-order valence-electron chi connectivity index (χ2n) is 3.49. The largest absolute Gasteiger partial charge is 0.481 e. The van der Waals surface area contributed by atoms with Crippen LogP contribution in [0.25, 0.3) is 0 Å². The highest BCUT2D eigenvalue weighted by Crippen LogP contribution is 2.19. The van der Waals surface area contributed by atoms with Crippen molar-refractivity contribution in [3.05, 3.63) is 32.4 Å². The minimum atomic E-state index is -0.926. The third-order valence-corrected chi connectivity index (χ3v) is 3.34. The lowest BCUT2D eigenvalue weighted by Crippen LogP contribution is -2.29. The molecule has 0 aliphatic heterocycles. The maximum Gasteiger partial charge on any atom is 0.305 e. The van der Waals surface area contributed by atoms with Crippen molar-refractivity contribution in [2.45, 2.75) is 6.42 Å². The van der Waals surface area contributed by atoms with Gasteiger partial charge in [0.25, 0.3) is 5.91 Å². The molecule has 92 valence electrons. The van der Waals surface area contributed by atoms with Gasteiger partial charge >= 0.3 is 5.97 Å². The van der Waals surface area contributed by atoms with E-state index < -0.39 is 5.97 Å². The van der Waals surface area contributed by atoms with E-state index in [0.29, 0.717) is 10.6 Å². The number of hydrogen-bond acceptors (Lipinski definition) is 2. The fourth-order valence-electron chi connectivity index (χ4n) is 1.23. The van der Waals surface area contributed by atoms with Gasteiger partial charge in [-0.3, -0.25) is 9.59 Å². The quantitative estimate of drug-likeness (QED) is 0.832. The van der Waals surface area contributed by atoms with Gasteiger partial charge in [-0.2, -0.15) is 0 Å². The molecular weight excluding hydrogens is 356 g/mol. The van der Waals surface area contributed by atoms with E-state index in [4.69, 9.17) is 16.7 Å². The molecule has 0 saturated carbocycles. The van der Waals surface area contributed by atoms with Crippen molar-refractivity contribution in [3.63, 3.8) is 0 Å². The zero-order valence-corrected chi connectivity index (χ0v) is 12.0. The highest BCUT2D eigenvalue weighted by atomic mass is 127. The minimum absolute atomic E-state index is 0.0701. The maximum absolute atomic E-state index is 12.0. The van der Waals surface area contributed by atoms with Gasteiger partial charge in [-0.15, -0.1) is 0 Å².